The minimum absolute atomic E-state index is 0.0392. The second-order valence-corrected chi connectivity index (χ2v) is 7.32. The molecule has 0 saturated heterocycles. The number of amides is 1. The quantitative estimate of drug-likeness (QED) is 0.782. The highest BCUT2D eigenvalue weighted by atomic mass is 32.1. The molecule has 0 bridgehead atoms. The molecule has 4 rings (SSSR count). The van der Waals surface area contributed by atoms with E-state index in [1.165, 1.54) is 16.9 Å². The SMILES string of the molecule is Cc1ccc(NC(=O)c2csc3c2CCCC3)cc1-n1nnnc1C. The lowest BCUT2D eigenvalue weighted by Gasteiger charge is -2.13. The third kappa shape index (κ3) is 2.95. The van der Waals surface area contributed by atoms with E-state index in [1.807, 2.05) is 37.4 Å². The summed E-state index contributed by atoms with van der Waals surface area (Å²) in [6, 6.07) is 5.79. The number of thiophene rings is 1. The van der Waals surface area contributed by atoms with E-state index in [0.717, 1.165) is 41.8 Å². The van der Waals surface area contributed by atoms with Gasteiger partial charge in [0.1, 0.15) is 0 Å². The monoisotopic (exact) mass is 353 g/mol. The Balaban J connectivity index is 1.62. The molecule has 2 heterocycles. The van der Waals surface area contributed by atoms with E-state index in [4.69, 9.17) is 0 Å². The Labute approximate surface area is 149 Å². The number of carbonyl (C=O) groups excluding carboxylic acids is 1. The molecule has 0 saturated carbocycles. The number of hydrogen-bond acceptors (Lipinski definition) is 5. The number of benzene rings is 1. The first-order valence-electron chi connectivity index (χ1n) is 8.40. The first-order chi connectivity index (χ1) is 12.1. The topological polar surface area (TPSA) is 72.7 Å². The summed E-state index contributed by atoms with van der Waals surface area (Å²) >= 11 is 1.70. The van der Waals surface area contributed by atoms with Crippen molar-refractivity contribution < 1.29 is 4.79 Å². The van der Waals surface area contributed by atoms with Crippen LogP contribution in [-0.2, 0) is 12.8 Å². The van der Waals surface area contributed by atoms with Gasteiger partial charge in [-0.05, 0) is 73.2 Å². The van der Waals surface area contributed by atoms with E-state index in [0.29, 0.717) is 5.82 Å². The molecule has 6 nitrogen and oxygen atoms in total. The predicted molar refractivity (Wildman–Crippen MR) is 97.5 cm³/mol. The van der Waals surface area contributed by atoms with Crippen molar-refractivity contribution in [3.8, 4) is 5.69 Å². The molecule has 1 N–H and O–H groups in total. The highest BCUT2D eigenvalue weighted by molar-refractivity contribution is 7.10. The van der Waals surface area contributed by atoms with Crippen LogP contribution in [0.5, 0.6) is 0 Å². The van der Waals surface area contributed by atoms with Crippen LogP contribution in [0, 0.1) is 13.8 Å². The fraction of sp³-hybridized carbons (Fsp3) is 0.333. The van der Waals surface area contributed by atoms with Crippen LogP contribution in [0.15, 0.2) is 23.6 Å². The molecule has 0 aliphatic heterocycles. The highest BCUT2D eigenvalue weighted by Crippen LogP contribution is 2.31. The van der Waals surface area contributed by atoms with Gasteiger partial charge in [0.15, 0.2) is 5.82 Å². The third-order valence-corrected chi connectivity index (χ3v) is 5.72. The second-order valence-electron chi connectivity index (χ2n) is 6.35. The summed E-state index contributed by atoms with van der Waals surface area (Å²) in [5, 5.41) is 16.7. The van der Waals surface area contributed by atoms with Gasteiger partial charge in [0.05, 0.1) is 11.3 Å². The van der Waals surface area contributed by atoms with Crippen molar-refractivity contribution >= 4 is 22.9 Å². The van der Waals surface area contributed by atoms with E-state index in [2.05, 4.69) is 20.8 Å². The van der Waals surface area contributed by atoms with Crippen molar-refractivity contribution in [1.82, 2.24) is 20.2 Å². The number of carbonyl (C=O) groups is 1. The fourth-order valence-corrected chi connectivity index (χ4v) is 4.38. The van der Waals surface area contributed by atoms with E-state index in [1.54, 1.807) is 16.0 Å². The molecular formula is C18H19N5OS. The van der Waals surface area contributed by atoms with Crippen LogP contribution < -0.4 is 5.32 Å². The maximum atomic E-state index is 12.7. The summed E-state index contributed by atoms with van der Waals surface area (Å²) < 4.78 is 1.68. The molecule has 0 fully saturated rings. The zero-order chi connectivity index (χ0) is 17.4. The van der Waals surface area contributed by atoms with Crippen molar-refractivity contribution in [1.29, 1.82) is 0 Å². The van der Waals surface area contributed by atoms with Gasteiger partial charge in [0.2, 0.25) is 0 Å². The summed E-state index contributed by atoms with van der Waals surface area (Å²) in [4.78, 5) is 14.1. The summed E-state index contributed by atoms with van der Waals surface area (Å²) in [6.07, 6.45) is 4.49. The van der Waals surface area contributed by atoms with Crippen molar-refractivity contribution in [2.75, 3.05) is 5.32 Å². The Kier molecular flexibility index (Phi) is 4.09. The zero-order valence-corrected chi connectivity index (χ0v) is 15.1. The highest BCUT2D eigenvalue weighted by Gasteiger charge is 2.20. The first kappa shape index (κ1) is 16.0. The molecule has 0 radical (unpaired) electrons. The number of fused-ring (bicyclic) bond motifs is 1. The van der Waals surface area contributed by atoms with Gasteiger partial charge in [0.25, 0.3) is 5.91 Å². The van der Waals surface area contributed by atoms with Crippen molar-refractivity contribution in [2.45, 2.75) is 39.5 Å². The number of aromatic nitrogens is 4. The van der Waals surface area contributed by atoms with E-state index in [-0.39, 0.29) is 5.91 Å². The average Bonchev–Trinajstić information content (AvgIpc) is 3.23. The maximum absolute atomic E-state index is 12.7. The van der Waals surface area contributed by atoms with Crippen molar-refractivity contribution in [3.05, 3.63) is 51.0 Å². The minimum Gasteiger partial charge on any atom is -0.322 e. The van der Waals surface area contributed by atoms with Gasteiger partial charge in [-0.2, -0.15) is 4.68 Å². The number of tetrazole rings is 1. The van der Waals surface area contributed by atoms with Crippen molar-refractivity contribution in [2.24, 2.45) is 0 Å². The molecular weight excluding hydrogens is 334 g/mol. The third-order valence-electron chi connectivity index (χ3n) is 4.63. The molecule has 0 unspecified atom stereocenters. The van der Waals surface area contributed by atoms with Gasteiger partial charge in [-0.25, -0.2) is 0 Å². The van der Waals surface area contributed by atoms with Gasteiger partial charge < -0.3 is 5.32 Å². The van der Waals surface area contributed by atoms with E-state index < -0.39 is 0 Å². The normalized spacial score (nSPS) is 13.5. The van der Waals surface area contributed by atoms with Crippen LogP contribution in [0.3, 0.4) is 0 Å². The zero-order valence-electron chi connectivity index (χ0n) is 14.2. The predicted octanol–water partition coefficient (Wildman–Crippen LogP) is 3.47. The standard InChI is InChI=1S/C18H19N5OS/c1-11-7-8-13(9-16(11)23-12(2)20-21-22-23)19-18(24)15-10-25-17-6-4-3-5-14(15)17/h7-10H,3-6H2,1-2H3,(H,19,24). The Morgan fingerprint density at radius 3 is 2.88 bits per heavy atom. The fourth-order valence-electron chi connectivity index (χ4n) is 3.25. The van der Waals surface area contributed by atoms with Gasteiger partial charge in [-0.1, -0.05) is 6.07 Å². The van der Waals surface area contributed by atoms with Crippen LogP contribution in [0.25, 0.3) is 5.69 Å². The number of hydrogen-bond donors (Lipinski definition) is 1. The number of aryl methyl sites for hydroxylation is 3. The second kappa shape index (κ2) is 6.40. The lowest BCUT2D eigenvalue weighted by atomic mass is 9.95. The first-order valence-corrected chi connectivity index (χ1v) is 9.28. The van der Waals surface area contributed by atoms with Crippen LogP contribution in [-0.4, -0.2) is 26.1 Å². The van der Waals surface area contributed by atoms with Gasteiger partial charge in [-0.3, -0.25) is 4.79 Å². The Morgan fingerprint density at radius 2 is 2.08 bits per heavy atom. The largest absolute Gasteiger partial charge is 0.322 e. The molecule has 2 aromatic heterocycles. The summed E-state index contributed by atoms with van der Waals surface area (Å²) in [5.41, 5.74) is 4.71. The summed E-state index contributed by atoms with van der Waals surface area (Å²) in [7, 11) is 0. The van der Waals surface area contributed by atoms with Gasteiger partial charge in [-0.15, -0.1) is 16.4 Å². The number of nitrogens with one attached hydrogen (secondary N) is 1. The summed E-state index contributed by atoms with van der Waals surface area (Å²) in [5.74, 6) is 0.668. The van der Waals surface area contributed by atoms with Crippen LogP contribution >= 0.6 is 11.3 Å². The lowest BCUT2D eigenvalue weighted by Crippen LogP contribution is -2.15. The molecule has 0 spiro atoms. The molecule has 0 atom stereocenters. The molecule has 25 heavy (non-hydrogen) atoms. The maximum Gasteiger partial charge on any atom is 0.256 e. The minimum atomic E-state index is -0.0392. The Hall–Kier alpha value is -2.54. The van der Waals surface area contributed by atoms with Gasteiger partial charge in [0, 0.05) is 15.9 Å². The number of anilines is 1. The molecule has 3 aromatic rings. The molecule has 7 heteroatoms. The van der Waals surface area contributed by atoms with E-state index >= 15 is 0 Å². The summed E-state index contributed by atoms with van der Waals surface area (Å²) in [6.45, 7) is 3.85. The molecule has 1 aromatic carbocycles. The molecule has 1 aliphatic rings. The van der Waals surface area contributed by atoms with Crippen LogP contribution in [0.4, 0.5) is 5.69 Å². The molecule has 128 valence electrons. The number of rotatable bonds is 3. The van der Waals surface area contributed by atoms with Crippen molar-refractivity contribution in [3.63, 3.8) is 0 Å². The molecule has 1 amide bonds. The van der Waals surface area contributed by atoms with E-state index in [9.17, 15) is 4.79 Å². The smallest absolute Gasteiger partial charge is 0.256 e. The number of nitrogens with zero attached hydrogens (tertiary/aromatic N) is 4. The van der Waals surface area contributed by atoms with Crippen LogP contribution in [0.1, 0.15) is 45.0 Å². The van der Waals surface area contributed by atoms with Crippen LogP contribution in [0.2, 0.25) is 0 Å². The Morgan fingerprint density at radius 1 is 1.24 bits per heavy atom. The van der Waals surface area contributed by atoms with Gasteiger partial charge >= 0.3 is 0 Å². The lowest BCUT2D eigenvalue weighted by molar-refractivity contribution is 0.102. The average molecular weight is 353 g/mol. The molecule has 1 aliphatic carbocycles. The Bertz CT molecular complexity index is 943.